The predicted octanol–water partition coefficient (Wildman–Crippen LogP) is 2.01. The highest BCUT2D eigenvalue weighted by atomic mass is 35.5. The molecule has 2 aromatic heterocycles. The second-order valence-corrected chi connectivity index (χ2v) is 13.3. The van der Waals surface area contributed by atoms with Gasteiger partial charge in [-0.15, -0.1) is 11.3 Å². The molecule has 0 bridgehead atoms. The number of aromatic amines is 1. The number of carbonyl (C=O) groups is 2. The standard InChI is InChI=1S/C24H29ClN6O5S2/c1-13-8-18-19(11-26-13)37-22(27-18)24(34)31-7-6-30(12-15(31)10-20(32)29(2)3)38(35,36)23-21(33)16-9-14(25)4-5-17(16)28-23/h4-5,9,13,15,26,28,33H,6-8,10-12H2,1-3H3. The van der Waals surface area contributed by atoms with Crippen LogP contribution in [0.25, 0.3) is 10.9 Å². The minimum atomic E-state index is -4.18. The Balaban J connectivity index is 1.44. The molecular formula is C24H29ClN6O5S2. The third-order valence-electron chi connectivity index (χ3n) is 6.99. The van der Waals surface area contributed by atoms with Crippen LogP contribution in [-0.2, 0) is 27.8 Å². The van der Waals surface area contributed by atoms with Crippen LogP contribution in [0.15, 0.2) is 23.2 Å². The van der Waals surface area contributed by atoms with E-state index in [4.69, 9.17) is 11.6 Å². The van der Waals surface area contributed by atoms with Gasteiger partial charge in [0, 0.05) is 74.4 Å². The molecule has 3 aromatic rings. The lowest BCUT2D eigenvalue weighted by Crippen LogP contribution is -2.57. The largest absolute Gasteiger partial charge is 0.504 e. The molecule has 2 atom stereocenters. The van der Waals surface area contributed by atoms with Crippen LogP contribution >= 0.6 is 22.9 Å². The van der Waals surface area contributed by atoms with E-state index in [0.717, 1.165) is 17.0 Å². The van der Waals surface area contributed by atoms with Crippen molar-refractivity contribution in [2.24, 2.45) is 0 Å². The van der Waals surface area contributed by atoms with Crippen LogP contribution in [0.2, 0.25) is 5.02 Å². The van der Waals surface area contributed by atoms with Gasteiger partial charge < -0.3 is 25.2 Å². The number of hydrogen-bond acceptors (Lipinski definition) is 8. The number of nitrogens with zero attached hydrogens (tertiary/aromatic N) is 4. The molecule has 2 aliphatic heterocycles. The first-order chi connectivity index (χ1) is 18.0. The van der Waals surface area contributed by atoms with Crippen LogP contribution < -0.4 is 5.32 Å². The fourth-order valence-electron chi connectivity index (χ4n) is 4.84. The lowest BCUT2D eigenvalue weighted by Gasteiger charge is -2.40. The van der Waals surface area contributed by atoms with E-state index >= 15 is 0 Å². The molecule has 5 rings (SSSR count). The van der Waals surface area contributed by atoms with E-state index in [2.05, 4.69) is 22.2 Å². The van der Waals surface area contributed by atoms with Crippen LogP contribution in [-0.4, -0.2) is 95.2 Å². The van der Waals surface area contributed by atoms with Gasteiger partial charge in [-0.05, 0) is 25.1 Å². The van der Waals surface area contributed by atoms with Crippen LogP contribution in [0.4, 0.5) is 0 Å². The Morgan fingerprint density at radius 1 is 1.29 bits per heavy atom. The van der Waals surface area contributed by atoms with E-state index in [-0.39, 0.29) is 48.9 Å². The zero-order chi connectivity index (χ0) is 27.4. The molecule has 204 valence electrons. The first-order valence-electron chi connectivity index (χ1n) is 12.2. The molecule has 1 saturated heterocycles. The van der Waals surface area contributed by atoms with E-state index in [1.807, 2.05) is 0 Å². The number of H-pyrrole nitrogens is 1. The summed E-state index contributed by atoms with van der Waals surface area (Å²) in [6, 6.07) is 4.23. The number of sulfonamides is 1. The smallest absolute Gasteiger partial charge is 0.283 e. The van der Waals surface area contributed by atoms with Crippen molar-refractivity contribution in [2.75, 3.05) is 33.7 Å². The van der Waals surface area contributed by atoms with Gasteiger partial charge >= 0.3 is 0 Å². The fraction of sp³-hybridized carbons (Fsp3) is 0.458. The van der Waals surface area contributed by atoms with E-state index in [1.165, 1.54) is 26.6 Å². The summed E-state index contributed by atoms with van der Waals surface area (Å²) in [5.74, 6) is -0.960. The molecule has 1 aromatic carbocycles. The van der Waals surface area contributed by atoms with Crippen molar-refractivity contribution < 1.29 is 23.1 Å². The van der Waals surface area contributed by atoms with Crippen molar-refractivity contribution in [3.63, 3.8) is 0 Å². The molecule has 0 radical (unpaired) electrons. The third-order valence-corrected chi connectivity index (χ3v) is 10.1. The predicted molar refractivity (Wildman–Crippen MR) is 144 cm³/mol. The van der Waals surface area contributed by atoms with Gasteiger partial charge in [0.2, 0.25) is 5.91 Å². The van der Waals surface area contributed by atoms with Gasteiger partial charge in [-0.2, -0.15) is 4.31 Å². The Morgan fingerprint density at radius 2 is 2.05 bits per heavy atom. The SMILES string of the molecule is CC1Cc2nc(C(=O)N3CCN(S(=O)(=O)c4[nH]c5ccc(Cl)cc5c4O)CC3CC(=O)N(C)C)sc2CN1. The third kappa shape index (κ3) is 4.89. The van der Waals surface area contributed by atoms with Crippen LogP contribution in [0.1, 0.15) is 33.7 Å². The number of fused-ring (bicyclic) bond motifs is 2. The topological polar surface area (TPSA) is 139 Å². The van der Waals surface area contributed by atoms with Gasteiger partial charge in [-0.3, -0.25) is 9.59 Å². The number of nitrogens with one attached hydrogen (secondary N) is 2. The molecule has 0 aliphatic carbocycles. The first-order valence-corrected chi connectivity index (χ1v) is 14.8. The number of benzene rings is 1. The normalized spacial score (nSPS) is 20.5. The maximum absolute atomic E-state index is 13.6. The molecule has 2 aliphatic rings. The van der Waals surface area contributed by atoms with Gasteiger partial charge in [0.15, 0.2) is 15.8 Å². The molecule has 3 N–H and O–H groups in total. The number of thiazole rings is 1. The van der Waals surface area contributed by atoms with Crippen LogP contribution in [0.5, 0.6) is 5.75 Å². The highest BCUT2D eigenvalue weighted by Gasteiger charge is 2.40. The number of carbonyl (C=O) groups excluding carboxylic acids is 2. The number of hydrogen-bond donors (Lipinski definition) is 3. The first kappa shape index (κ1) is 26.9. The van der Waals surface area contributed by atoms with Crippen molar-refractivity contribution in [1.82, 2.24) is 29.4 Å². The van der Waals surface area contributed by atoms with E-state index in [9.17, 15) is 23.1 Å². The van der Waals surface area contributed by atoms with Gasteiger partial charge in [0.1, 0.15) is 0 Å². The monoisotopic (exact) mass is 580 g/mol. The number of piperazine rings is 1. The van der Waals surface area contributed by atoms with Crippen molar-refractivity contribution in [3.05, 3.63) is 38.8 Å². The highest BCUT2D eigenvalue weighted by molar-refractivity contribution is 7.89. The van der Waals surface area contributed by atoms with E-state index in [0.29, 0.717) is 27.5 Å². The molecule has 14 heteroatoms. The molecule has 0 saturated carbocycles. The Morgan fingerprint density at radius 3 is 2.79 bits per heavy atom. The maximum atomic E-state index is 13.6. The van der Waals surface area contributed by atoms with Crippen molar-refractivity contribution in [1.29, 1.82) is 0 Å². The number of halogens is 1. The zero-order valence-electron chi connectivity index (χ0n) is 21.2. The summed E-state index contributed by atoms with van der Waals surface area (Å²) in [6.45, 7) is 2.68. The fourth-order valence-corrected chi connectivity index (χ4v) is 7.55. The second-order valence-electron chi connectivity index (χ2n) is 9.88. The summed E-state index contributed by atoms with van der Waals surface area (Å²) in [5, 5.41) is 14.7. The van der Waals surface area contributed by atoms with Crippen molar-refractivity contribution >= 4 is 55.7 Å². The van der Waals surface area contributed by atoms with Crippen LogP contribution in [0.3, 0.4) is 0 Å². The summed E-state index contributed by atoms with van der Waals surface area (Å²) < 4.78 is 28.5. The van der Waals surface area contributed by atoms with Gasteiger partial charge in [0.25, 0.3) is 15.9 Å². The van der Waals surface area contributed by atoms with Gasteiger partial charge in [-0.25, -0.2) is 13.4 Å². The summed E-state index contributed by atoms with van der Waals surface area (Å²) >= 11 is 7.36. The Kier molecular flexibility index (Phi) is 7.16. The second kappa shape index (κ2) is 10.1. The number of aromatic nitrogens is 2. The van der Waals surface area contributed by atoms with E-state index < -0.39 is 21.8 Å². The maximum Gasteiger partial charge on any atom is 0.283 e. The molecule has 0 spiro atoms. The number of rotatable bonds is 5. The Labute approximate surface area is 229 Å². The average Bonchev–Trinajstić information content (AvgIpc) is 3.44. The van der Waals surface area contributed by atoms with Gasteiger partial charge in [-0.1, -0.05) is 11.6 Å². The Bertz CT molecular complexity index is 1520. The highest BCUT2D eigenvalue weighted by Crippen LogP contribution is 2.36. The lowest BCUT2D eigenvalue weighted by atomic mass is 10.1. The quantitative estimate of drug-likeness (QED) is 0.419. The van der Waals surface area contributed by atoms with Crippen molar-refractivity contribution in [3.8, 4) is 5.75 Å². The summed E-state index contributed by atoms with van der Waals surface area (Å²) in [5.41, 5.74) is 1.33. The summed E-state index contributed by atoms with van der Waals surface area (Å²) in [7, 11) is -0.951. The zero-order valence-corrected chi connectivity index (χ0v) is 23.6. The summed E-state index contributed by atoms with van der Waals surface area (Å²) in [6.07, 6.45) is 0.676. The molecule has 38 heavy (non-hydrogen) atoms. The molecule has 2 unspecified atom stereocenters. The van der Waals surface area contributed by atoms with E-state index in [1.54, 1.807) is 31.1 Å². The number of amides is 2. The Hall–Kier alpha value is -2.71. The minimum absolute atomic E-state index is 0.0000311. The van der Waals surface area contributed by atoms with Crippen LogP contribution in [0, 0.1) is 0 Å². The molecule has 11 nitrogen and oxygen atoms in total. The van der Waals surface area contributed by atoms with Crippen molar-refractivity contribution in [2.45, 2.75) is 43.4 Å². The molecule has 1 fully saturated rings. The summed E-state index contributed by atoms with van der Waals surface area (Å²) in [4.78, 5) is 37.6. The molecule has 2 amide bonds. The number of aromatic hydroxyl groups is 1. The molecule has 4 heterocycles. The lowest BCUT2D eigenvalue weighted by molar-refractivity contribution is -0.130. The average molecular weight is 581 g/mol. The van der Waals surface area contributed by atoms with Gasteiger partial charge in [0.05, 0.1) is 17.3 Å². The molecular weight excluding hydrogens is 552 g/mol. The minimum Gasteiger partial charge on any atom is -0.504 e.